The first-order valence-corrected chi connectivity index (χ1v) is 5.20. The number of ketones is 1. The fourth-order valence-electron chi connectivity index (χ4n) is 1.59. The maximum atomic E-state index is 12.9. The fraction of sp³-hybridized carbons (Fsp3) is 0.417. The predicted molar refractivity (Wildman–Crippen MR) is 54.7 cm³/mol. The van der Waals surface area contributed by atoms with Gasteiger partial charge in [0.15, 0.2) is 23.2 Å². The molecule has 0 aliphatic heterocycles. The number of carbonyl (C=O) groups is 1. The Balaban J connectivity index is 3.10. The number of benzene rings is 1. The summed E-state index contributed by atoms with van der Waals surface area (Å²) in [4.78, 5) is 11.8. The van der Waals surface area contributed by atoms with Gasteiger partial charge in [-0.2, -0.15) is 0 Å². The van der Waals surface area contributed by atoms with Crippen LogP contribution in [0.5, 0.6) is 0 Å². The Hall–Kier alpha value is -1.32. The van der Waals surface area contributed by atoms with Gasteiger partial charge in [0, 0.05) is 11.5 Å². The summed E-state index contributed by atoms with van der Waals surface area (Å²) in [6, 6.07) is 1.50. The van der Waals surface area contributed by atoms with Crippen LogP contribution in [-0.4, -0.2) is 5.78 Å². The second-order valence-corrected chi connectivity index (χ2v) is 3.63. The van der Waals surface area contributed by atoms with Crippen LogP contribution in [0.2, 0.25) is 0 Å². The van der Waals surface area contributed by atoms with E-state index in [2.05, 4.69) is 0 Å². The summed E-state index contributed by atoms with van der Waals surface area (Å²) >= 11 is 0. The second kappa shape index (κ2) is 5.14. The lowest BCUT2D eigenvalue weighted by Crippen LogP contribution is -2.14. The smallest absolute Gasteiger partial charge is 0.194 e. The van der Waals surface area contributed by atoms with E-state index in [1.165, 1.54) is 0 Å². The Morgan fingerprint density at radius 2 is 1.56 bits per heavy atom. The van der Waals surface area contributed by atoms with Crippen LogP contribution in [0.3, 0.4) is 0 Å². The van der Waals surface area contributed by atoms with Gasteiger partial charge in [0.05, 0.1) is 0 Å². The Bertz CT molecular complexity index is 374. The Kier molecular flexibility index (Phi) is 4.10. The number of rotatable bonds is 4. The molecular weight excluding hydrogens is 217 g/mol. The lowest BCUT2D eigenvalue weighted by molar-refractivity contribution is 0.0912. The molecule has 0 saturated carbocycles. The third-order valence-corrected chi connectivity index (χ3v) is 2.62. The van der Waals surface area contributed by atoms with Crippen LogP contribution in [0, 0.1) is 23.4 Å². The third-order valence-electron chi connectivity index (χ3n) is 2.62. The van der Waals surface area contributed by atoms with Crippen LogP contribution < -0.4 is 0 Å². The van der Waals surface area contributed by atoms with Gasteiger partial charge >= 0.3 is 0 Å². The van der Waals surface area contributed by atoms with Crippen molar-refractivity contribution in [2.75, 3.05) is 0 Å². The minimum atomic E-state index is -1.54. The monoisotopic (exact) mass is 230 g/mol. The summed E-state index contributed by atoms with van der Waals surface area (Å²) in [5, 5.41) is 0. The molecular formula is C12H13F3O. The Morgan fingerprint density at radius 1 is 1.12 bits per heavy atom. The van der Waals surface area contributed by atoms with Crippen LogP contribution >= 0.6 is 0 Å². The molecule has 0 spiro atoms. The molecule has 0 fully saturated rings. The van der Waals surface area contributed by atoms with Crippen molar-refractivity contribution < 1.29 is 18.0 Å². The molecule has 1 aromatic carbocycles. The van der Waals surface area contributed by atoms with Gasteiger partial charge < -0.3 is 0 Å². The van der Waals surface area contributed by atoms with E-state index in [0.29, 0.717) is 12.8 Å². The van der Waals surface area contributed by atoms with E-state index in [1.54, 1.807) is 0 Å². The van der Waals surface area contributed by atoms with Crippen molar-refractivity contribution in [1.29, 1.82) is 0 Å². The average Bonchev–Trinajstić information content (AvgIpc) is 2.26. The molecule has 4 heteroatoms. The highest BCUT2D eigenvalue weighted by Gasteiger charge is 2.20. The predicted octanol–water partition coefficient (Wildman–Crippen LogP) is 3.72. The molecule has 1 rings (SSSR count). The molecule has 0 radical (unpaired) electrons. The zero-order chi connectivity index (χ0) is 12.3. The fourth-order valence-corrected chi connectivity index (χ4v) is 1.59. The molecule has 0 saturated heterocycles. The molecule has 1 aromatic rings. The summed E-state index contributed by atoms with van der Waals surface area (Å²) in [6.45, 7) is 3.64. The highest BCUT2D eigenvalue weighted by Crippen LogP contribution is 2.19. The molecule has 1 nitrogen and oxygen atoms in total. The van der Waals surface area contributed by atoms with E-state index in [0.717, 1.165) is 12.1 Å². The van der Waals surface area contributed by atoms with Crippen LogP contribution in [-0.2, 0) is 0 Å². The van der Waals surface area contributed by atoms with Gasteiger partial charge in [-0.05, 0) is 25.0 Å². The molecule has 0 atom stereocenters. The number of hydrogen-bond donors (Lipinski definition) is 0. The van der Waals surface area contributed by atoms with Gasteiger partial charge in [-0.1, -0.05) is 13.8 Å². The van der Waals surface area contributed by atoms with E-state index >= 15 is 0 Å². The lowest BCUT2D eigenvalue weighted by Gasteiger charge is -2.11. The van der Waals surface area contributed by atoms with Gasteiger partial charge in [-0.15, -0.1) is 0 Å². The molecule has 0 aliphatic rings. The Morgan fingerprint density at radius 3 is 1.94 bits per heavy atom. The normalized spacial score (nSPS) is 10.9. The van der Waals surface area contributed by atoms with Gasteiger partial charge in [-0.3, -0.25) is 4.79 Å². The molecule has 0 aliphatic carbocycles. The first-order chi connectivity index (χ1) is 7.51. The van der Waals surface area contributed by atoms with Crippen molar-refractivity contribution >= 4 is 5.78 Å². The minimum absolute atomic E-state index is 0.106. The van der Waals surface area contributed by atoms with E-state index in [4.69, 9.17) is 0 Å². The molecule has 88 valence electrons. The number of halogens is 3. The summed E-state index contributed by atoms with van der Waals surface area (Å²) in [5.74, 6) is -4.81. The zero-order valence-electron chi connectivity index (χ0n) is 9.19. The van der Waals surface area contributed by atoms with E-state index in [1.807, 2.05) is 13.8 Å². The molecule has 0 amide bonds. The van der Waals surface area contributed by atoms with Crippen molar-refractivity contribution in [3.63, 3.8) is 0 Å². The Labute approximate surface area is 92.3 Å². The SMILES string of the molecule is CCC(CC)C(=O)c1cc(F)c(F)c(F)c1. The maximum absolute atomic E-state index is 12.9. The topological polar surface area (TPSA) is 17.1 Å². The van der Waals surface area contributed by atoms with Gasteiger partial charge in [0.25, 0.3) is 0 Å². The third kappa shape index (κ3) is 2.43. The highest BCUT2D eigenvalue weighted by molar-refractivity contribution is 5.97. The largest absolute Gasteiger partial charge is 0.294 e. The van der Waals surface area contributed by atoms with Crippen LogP contribution in [0.25, 0.3) is 0 Å². The van der Waals surface area contributed by atoms with Crippen LogP contribution in [0.15, 0.2) is 12.1 Å². The summed E-state index contributed by atoms with van der Waals surface area (Å²) in [5.41, 5.74) is -0.106. The van der Waals surface area contributed by atoms with Crippen molar-refractivity contribution in [3.05, 3.63) is 35.1 Å². The zero-order valence-corrected chi connectivity index (χ0v) is 9.19. The molecule has 0 bridgehead atoms. The van der Waals surface area contributed by atoms with Crippen LogP contribution in [0.4, 0.5) is 13.2 Å². The van der Waals surface area contributed by atoms with E-state index in [-0.39, 0.29) is 17.3 Å². The van der Waals surface area contributed by atoms with Gasteiger partial charge in [-0.25, -0.2) is 13.2 Å². The minimum Gasteiger partial charge on any atom is -0.294 e. The average molecular weight is 230 g/mol. The van der Waals surface area contributed by atoms with Crippen molar-refractivity contribution in [3.8, 4) is 0 Å². The van der Waals surface area contributed by atoms with E-state index < -0.39 is 17.5 Å². The second-order valence-electron chi connectivity index (χ2n) is 3.63. The van der Waals surface area contributed by atoms with Gasteiger partial charge in [0.2, 0.25) is 0 Å². The summed E-state index contributed by atoms with van der Waals surface area (Å²) in [7, 11) is 0. The molecule has 0 N–H and O–H groups in total. The number of hydrogen-bond acceptors (Lipinski definition) is 1. The summed E-state index contributed by atoms with van der Waals surface area (Å²) < 4.78 is 38.5. The molecule has 16 heavy (non-hydrogen) atoms. The van der Waals surface area contributed by atoms with Crippen molar-refractivity contribution in [1.82, 2.24) is 0 Å². The maximum Gasteiger partial charge on any atom is 0.194 e. The van der Waals surface area contributed by atoms with E-state index in [9.17, 15) is 18.0 Å². The molecule has 0 heterocycles. The lowest BCUT2D eigenvalue weighted by atomic mass is 9.93. The number of carbonyl (C=O) groups excluding carboxylic acids is 1. The van der Waals surface area contributed by atoms with Crippen LogP contribution in [0.1, 0.15) is 37.0 Å². The van der Waals surface area contributed by atoms with Gasteiger partial charge in [0.1, 0.15) is 0 Å². The standard InChI is InChI=1S/C12H13F3O/c1-3-7(4-2)12(16)8-5-9(13)11(15)10(14)6-8/h5-7H,3-4H2,1-2H3. The summed E-state index contributed by atoms with van der Waals surface area (Å²) in [6.07, 6.45) is 1.19. The van der Waals surface area contributed by atoms with Crippen molar-refractivity contribution in [2.24, 2.45) is 5.92 Å². The molecule has 0 aromatic heterocycles. The first-order valence-electron chi connectivity index (χ1n) is 5.20. The number of Topliss-reactive ketones (excluding diaryl/α,β-unsaturated/α-hetero) is 1. The van der Waals surface area contributed by atoms with Crippen molar-refractivity contribution in [2.45, 2.75) is 26.7 Å². The quantitative estimate of drug-likeness (QED) is 0.569. The highest BCUT2D eigenvalue weighted by atomic mass is 19.2. The molecule has 0 unspecified atom stereocenters. The first kappa shape index (κ1) is 12.7.